The van der Waals surface area contributed by atoms with Crippen molar-refractivity contribution in [2.75, 3.05) is 16.8 Å². The second-order valence-corrected chi connectivity index (χ2v) is 8.40. The molecule has 0 saturated carbocycles. The van der Waals surface area contributed by atoms with Gasteiger partial charge in [0.25, 0.3) is 0 Å². The van der Waals surface area contributed by atoms with Crippen LogP contribution in [0, 0.1) is 0 Å². The summed E-state index contributed by atoms with van der Waals surface area (Å²) in [5.41, 5.74) is 1.20. The van der Waals surface area contributed by atoms with Crippen molar-refractivity contribution in [2.45, 2.75) is 23.0 Å². The zero-order chi connectivity index (χ0) is 17.5. The first-order valence-electron chi connectivity index (χ1n) is 7.68. The van der Waals surface area contributed by atoms with Gasteiger partial charge >= 0.3 is 0 Å². The Bertz CT molecular complexity index is 818. The molecule has 0 atom stereocenters. The average Bonchev–Trinajstić information content (AvgIpc) is 3.24. The monoisotopic (exact) mass is 391 g/mol. The molecular weight excluding hydrogens is 374 g/mol. The van der Waals surface area contributed by atoms with E-state index >= 15 is 0 Å². The molecule has 2 aromatic heterocycles. The van der Waals surface area contributed by atoms with Crippen molar-refractivity contribution >= 4 is 45.9 Å². The van der Waals surface area contributed by atoms with Crippen molar-refractivity contribution in [1.29, 1.82) is 0 Å². The van der Waals surface area contributed by atoms with Crippen LogP contribution in [0.4, 0.5) is 5.13 Å². The highest BCUT2D eigenvalue weighted by molar-refractivity contribution is 8.01. The number of anilines is 1. The van der Waals surface area contributed by atoms with Gasteiger partial charge in [-0.1, -0.05) is 72.1 Å². The van der Waals surface area contributed by atoms with E-state index in [0.29, 0.717) is 5.13 Å². The maximum Gasteiger partial charge on any atom is 0.236 e. The molecule has 0 spiro atoms. The van der Waals surface area contributed by atoms with Gasteiger partial charge in [-0.15, -0.1) is 10.2 Å². The molecule has 0 saturated heterocycles. The molecule has 1 amide bonds. The fourth-order valence-corrected chi connectivity index (χ4v) is 4.49. The number of nitrogens with zero attached hydrogens (tertiary/aromatic N) is 4. The summed E-state index contributed by atoms with van der Waals surface area (Å²) in [6.07, 6.45) is 3.68. The number of hydrogen-bond acceptors (Lipinski definition) is 7. The second-order valence-electron chi connectivity index (χ2n) is 4.97. The molecular formula is C16H17N5OS3. The number of hydrogen-bond donors (Lipinski definition) is 1. The van der Waals surface area contributed by atoms with Crippen LogP contribution in [0.2, 0.25) is 0 Å². The molecule has 1 N–H and O–H groups in total. The highest BCUT2D eigenvalue weighted by Crippen LogP contribution is 2.25. The lowest BCUT2D eigenvalue weighted by atomic mass is 10.2. The van der Waals surface area contributed by atoms with Gasteiger partial charge < -0.3 is 4.57 Å². The van der Waals surface area contributed by atoms with Crippen molar-refractivity contribution < 1.29 is 4.79 Å². The van der Waals surface area contributed by atoms with Gasteiger partial charge in [0.15, 0.2) is 9.50 Å². The van der Waals surface area contributed by atoms with Gasteiger partial charge in [0.2, 0.25) is 11.0 Å². The largest absolute Gasteiger partial charge is 0.322 e. The minimum absolute atomic E-state index is 0.108. The maximum atomic E-state index is 12.1. The molecule has 6 nitrogen and oxygen atoms in total. The second kappa shape index (κ2) is 9.02. The lowest BCUT2D eigenvalue weighted by molar-refractivity contribution is -0.113. The molecule has 0 aliphatic carbocycles. The van der Waals surface area contributed by atoms with Crippen LogP contribution >= 0.6 is 34.9 Å². The third-order valence-electron chi connectivity index (χ3n) is 3.13. The number of nitrogens with one attached hydrogen (secondary N) is 1. The van der Waals surface area contributed by atoms with E-state index in [1.807, 2.05) is 29.0 Å². The molecule has 0 bridgehead atoms. The number of carbonyl (C=O) groups is 1. The Hall–Kier alpha value is -1.84. The third kappa shape index (κ3) is 5.32. The molecule has 2 heterocycles. The normalized spacial score (nSPS) is 10.8. The predicted octanol–water partition coefficient (Wildman–Crippen LogP) is 3.63. The van der Waals surface area contributed by atoms with Crippen molar-refractivity contribution in [1.82, 2.24) is 19.7 Å². The quantitative estimate of drug-likeness (QED) is 0.467. The van der Waals surface area contributed by atoms with Crippen LogP contribution < -0.4 is 5.32 Å². The molecule has 25 heavy (non-hydrogen) atoms. The standard InChI is InChI=1S/C16H17N5OS3/c1-2-23-16-20-19-14(25-16)18-13(22)11-24-15-17-8-9-21(15)10-12-6-4-3-5-7-12/h3-9H,2,10-11H2,1H3,(H,18,19,22). The lowest BCUT2D eigenvalue weighted by Gasteiger charge is -2.07. The Kier molecular flexibility index (Phi) is 6.48. The van der Waals surface area contributed by atoms with Crippen LogP contribution in [-0.2, 0) is 11.3 Å². The minimum atomic E-state index is -0.108. The van der Waals surface area contributed by atoms with E-state index in [-0.39, 0.29) is 11.7 Å². The zero-order valence-electron chi connectivity index (χ0n) is 13.6. The SMILES string of the molecule is CCSc1nnc(NC(=O)CSc2nccn2Cc2ccccc2)s1. The minimum Gasteiger partial charge on any atom is -0.322 e. The fraction of sp³-hybridized carbons (Fsp3) is 0.250. The van der Waals surface area contributed by atoms with Gasteiger partial charge in [-0.3, -0.25) is 10.1 Å². The van der Waals surface area contributed by atoms with Gasteiger partial charge in [-0.2, -0.15) is 0 Å². The Balaban J connectivity index is 1.53. The van der Waals surface area contributed by atoms with Gasteiger partial charge in [-0.25, -0.2) is 4.98 Å². The third-order valence-corrected chi connectivity index (χ3v) is 5.98. The molecule has 3 aromatic rings. The van der Waals surface area contributed by atoms with Gasteiger partial charge in [-0.05, 0) is 11.3 Å². The summed E-state index contributed by atoms with van der Waals surface area (Å²) < 4.78 is 2.90. The number of benzene rings is 1. The van der Waals surface area contributed by atoms with Crippen LogP contribution in [0.15, 0.2) is 52.2 Å². The summed E-state index contributed by atoms with van der Waals surface area (Å²) in [5, 5.41) is 12.1. The Morgan fingerprint density at radius 2 is 2.08 bits per heavy atom. The Morgan fingerprint density at radius 3 is 2.88 bits per heavy atom. The van der Waals surface area contributed by atoms with E-state index in [1.165, 1.54) is 28.7 Å². The van der Waals surface area contributed by atoms with Gasteiger partial charge in [0.05, 0.1) is 5.75 Å². The molecule has 3 rings (SSSR count). The molecule has 0 aliphatic heterocycles. The number of carbonyl (C=O) groups excluding carboxylic acids is 1. The van der Waals surface area contributed by atoms with E-state index in [9.17, 15) is 4.79 Å². The average molecular weight is 392 g/mol. The molecule has 9 heteroatoms. The van der Waals surface area contributed by atoms with Crippen LogP contribution in [0.25, 0.3) is 0 Å². The summed E-state index contributed by atoms with van der Waals surface area (Å²) in [7, 11) is 0. The topological polar surface area (TPSA) is 72.7 Å². The number of amides is 1. The van der Waals surface area contributed by atoms with Crippen LogP contribution in [0.1, 0.15) is 12.5 Å². The zero-order valence-corrected chi connectivity index (χ0v) is 16.0. The van der Waals surface area contributed by atoms with Gasteiger partial charge in [0.1, 0.15) is 0 Å². The summed E-state index contributed by atoms with van der Waals surface area (Å²) in [4.78, 5) is 16.4. The molecule has 0 fully saturated rings. The summed E-state index contributed by atoms with van der Waals surface area (Å²) in [6, 6.07) is 10.2. The highest BCUT2D eigenvalue weighted by atomic mass is 32.2. The molecule has 130 valence electrons. The number of aromatic nitrogens is 4. The predicted molar refractivity (Wildman–Crippen MR) is 103 cm³/mol. The van der Waals surface area contributed by atoms with Crippen LogP contribution in [-0.4, -0.2) is 37.2 Å². The summed E-state index contributed by atoms with van der Waals surface area (Å²) in [5.74, 6) is 1.10. The Labute approximate surface area is 158 Å². The first-order valence-corrected chi connectivity index (χ1v) is 10.5. The van der Waals surface area contributed by atoms with Gasteiger partial charge in [0, 0.05) is 18.9 Å². The Morgan fingerprint density at radius 1 is 1.24 bits per heavy atom. The van der Waals surface area contributed by atoms with E-state index in [0.717, 1.165) is 21.8 Å². The fourth-order valence-electron chi connectivity index (χ4n) is 2.06. The molecule has 0 unspecified atom stereocenters. The van der Waals surface area contributed by atoms with E-state index < -0.39 is 0 Å². The van der Waals surface area contributed by atoms with E-state index in [1.54, 1.807) is 18.0 Å². The summed E-state index contributed by atoms with van der Waals surface area (Å²) >= 11 is 4.41. The highest BCUT2D eigenvalue weighted by Gasteiger charge is 2.11. The number of imidazole rings is 1. The van der Waals surface area contributed by atoms with Crippen molar-refractivity contribution in [3.63, 3.8) is 0 Å². The number of rotatable bonds is 8. The maximum absolute atomic E-state index is 12.1. The molecule has 0 aliphatic rings. The van der Waals surface area contributed by atoms with E-state index in [2.05, 4.69) is 39.6 Å². The first-order chi connectivity index (χ1) is 12.2. The van der Waals surface area contributed by atoms with Crippen molar-refractivity contribution in [2.24, 2.45) is 0 Å². The first kappa shape index (κ1) is 18.0. The van der Waals surface area contributed by atoms with E-state index in [4.69, 9.17) is 0 Å². The van der Waals surface area contributed by atoms with Crippen molar-refractivity contribution in [3.05, 3.63) is 48.3 Å². The molecule has 1 aromatic carbocycles. The van der Waals surface area contributed by atoms with Crippen LogP contribution in [0.3, 0.4) is 0 Å². The van der Waals surface area contributed by atoms with Crippen LogP contribution in [0.5, 0.6) is 0 Å². The lowest BCUT2D eigenvalue weighted by Crippen LogP contribution is -2.14. The number of thioether (sulfide) groups is 2. The smallest absolute Gasteiger partial charge is 0.236 e. The molecule has 0 radical (unpaired) electrons. The summed E-state index contributed by atoms with van der Waals surface area (Å²) in [6.45, 7) is 2.79. The van der Waals surface area contributed by atoms with Crippen molar-refractivity contribution in [3.8, 4) is 0 Å².